The molecule has 0 fully saturated rings. The van der Waals surface area contributed by atoms with Crippen LogP contribution in [0.25, 0.3) is 11.3 Å². The van der Waals surface area contributed by atoms with Crippen molar-refractivity contribution in [2.24, 2.45) is 0 Å². The van der Waals surface area contributed by atoms with Crippen LogP contribution in [0.5, 0.6) is 5.75 Å². The number of hydrogen-bond donors (Lipinski definition) is 1. The third-order valence-corrected chi connectivity index (χ3v) is 5.26. The van der Waals surface area contributed by atoms with Crippen LogP contribution >= 0.6 is 0 Å². The second kappa shape index (κ2) is 8.25. The molecule has 2 heterocycles. The average molecular weight is 411 g/mol. The van der Waals surface area contributed by atoms with E-state index in [9.17, 15) is 9.18 Å². The number of benzene rings is 2. The number of amides is 1. The van der Waals surface area contributed by atoms with Crippen molar-refractivity contribution in [2.45, 2.75) is 12.3 Å². The fraction of sp³-hybridized carbons (Fsp3) is 0.273. The van der Waals surface area contributed by atoms with Gasteiger partial charge in [0.1, 0.15) is 17.3 Å². The molecule has 1 unspecified atom stereocenters. The fourth-order valence-corrected chi connectivity index (χ4v) is 3.77. The van der Waals surface area contributed by atoms with Crippen molar-refractivity contribution in [3.63, 3.8) is 0 Å². The number of H-pyrrole nitrogens is 1. The molecule has 4 rings (SSSR count). The molecule has 8 heteroatoms. The summed E-state index contributed by atoms with van der Waals surface area (Å²) in [6, 6.07) is 13.1. The third-order valence-electron chi connectivity index (χ3n) is 5.26. The Hall–Kier alpha value is -3.23. The molecule has 0 saturated heterocycles. The summed E-state index contributed by atoms with van der Waals surface area (Å²) in [5.74, 6) is 0.115. The van der Waals surface area contributed by atoms with Gasteiger partial charge in [-0.25, -0.2) is 4.39 Å². The summed E-state index contributed by atoms with van der Waals surface area (Å²) in [6.07, 6.45) is -0.603. The van der Waals surface area contributed by atoms with Crippen molar-refractivity contribution in [1.82, 2.24) is 15.1 Å². The Balaban J connectivity index is 1.84. The molecule has 1 atom stereocenters. The summed E-state index contributed by atoms with van der Waals surface area (Å²) in [5, 5.41) is 7.30. The number of carbonyl (C=O) groups excluding carboxylic acids is 1. The number of aromatic amines is 1. The van der Waals surface area contributed by atoms with Crippen molar-refractivity contribution in [2.75, 3.05) is 27.9 Å². The molecule has 1 aliphatic heterocycles. The van der Waals surface area contributed by atoms with Crippen LogP contribution in [-0.4, -0.2) is 55.2 Å². The van der Waals surface area contributed by atoms with Crippen molar-refractivity contribution in [1.29, 1.82) is 0 Å². The Bertz CT molecular complexity index is 1050. The van der Waals surface area contributed by atoms with Gasteiger partial charge in [0.2, 0.25) is 0 Å². The van der Waals surface area contributed by atoms with Gasteiger partial charge in [0.25, 0.3) is 5.91 Å². The van der Waals surface area contributed by atoms with Crippen molar-refractivity contribution in [3.05, 3.63) is 71.2 Å². The maximum absolute atomic E-state index is 13.6. The van der Waals surface area contributed by atoms with Crippen molar-refractivity contribution in [3.8, 4) is 17.0 Å². The first kappa shape index (κ1) is 20.1. The average Bonchev–Trinajstić information content (AvgIpc) is 3.32. The van der Waals surface area contributed by atoms with E-state index in [1.54, 1.807) is 24.1 Å². The first-order valence-electron chi connectivity index (χ1n) is 9.42. The maximum atomic E-state index is 13.6. The summed E-state index contributed by atoms with van der Waals surface area (Å²) in [6.45, 7) is 0.202. The SMILES string of the molecule is COc1cccc(-c2n[nH]c3c2C(c2ccc(F)cc2)N(CC(OC)OC)C3=O)c1. The summed E-state index contributed by atoms with van der Waals surface area (Å²) in [7, 11) is 4.63. The van der Waals surface area contributed by atoms with Crippen LogP contribution in [0.2, 0.25) is 0 Å². The monoisotopic (exact) mass is 411 g/mol. The van der Waals surface area contributed by atoms with Gasteiger partial charge in [-0.1, -0.05) is 24.3 Å². The van der Waals surface area contributed by atoms with Crippen LogP contribution < -0.4 is 4.74 Å². The molecular weight excluding hydrogens is 389 g/mol. The van der Waals surface area contributed by atoms with E-state index in [-0.39, 0.29) is 18.3 Å². The van der Waals surface area contributed by atoms with Gasteiger partial charge in [-0.3, -0.25) is 9.89 Å². The molecule has 0 bridgehead atoms. The van der Waals surface area contributed by atoms with E-state index in [2.05, 4.69) is 10.2 Å². The van der Waals surface area contributed by atoms with Crippen molar-refractivity contribution < 1.29 is 23.4 Å². The lowest BCUT2D eigenvalue weighted by Crippen LogP contribution is -2.38. The van der Waals surface area contributed by atoms with E-state index in [0.29, 0.717) is 17.1 Å². The molecule has 3 aromatic rings. The summed E-state index contributed by atoms with van der Waals surface area (Å²) in [5.41, 5.74) is 3.34. The zero-order valence-corrected chi connectivity index (χ0v) is 16.9. The van der Waals surface area contributed by atoms with Crippen LogP contribution in [0.15, 0.2) is 48.5 Å². The lowest BCUT2D eigenvalue weighted by molar-refractivity contribution is -0.113. The standard InChI is InChI=1S/C22H22FN3O4/c1-28-16-6-4-5-14(11-16)19-18-20(25-24-19)22(27)26(12-17(29-2)30-3)21(18)13-7-9-15(23)10-8-13/h4-11,17,21H,12H2,1-3H3,(H,24,25). The molecule has 30 heavy (non-hydrogen) atoms. The molecule has 0 radical (unpaired) electrons. The molecule has 0 spiro atoms. The van der Waals surface area contributed by atoms with E-state index >= 15 is 0 Å². The molecule has 0 aliphatic carbocycles. The Kier molecular flexibility index (Phi) is 5.52. The third kappa shape index (κ3) is 3.44. The largest absolute Gasteiger partial charge is 0.497 e. The Morgan fingerprint density at radius 1 is 1.13 bits per heavy atom. The van der Waals surface area contributed by atoms with E-state index < -0.39 is 12.3 Å². The number of methoxy groups -OCH3 is 3. The van der Waals surface area contributed by atoms with Gasteiger partial charge in [-0.05, 0) is 29.8 Å². The minimum Gasteiger partial charge on any atom is -0.497 e. The highest BCUT2D eigenvalue weighted by molar-refractivity contribution is 6.00. The maximum Gasteiger partial charge on any atom is 0.273 e. The number of halogens is 1. The molecule has 2 aromatic carbocycles. The van der Waals surface area contributed by atoms with Crippen LogP contribution in [0, 0.1) is 5.82 Å². The van der Waals surface area contributed by atoms with Gasteiger partial charge in [0.05, 0.1) is 25.4 Å². The van der Waals surface area contributed by atoms with Crippen LogP contribution in [-0.2, 0) is 9.47 Å². The van der Waals surface area contributed by atoms with E-state index in [1.807, 2.05) is 24.3 Å². The zero-order valence-electron chi connectivity index (χ0n) is 16.9. The Morgan fingerprint density at radius 2 is 1.87 bits per heavy atom. The number of ether oxygens (including phenoxy) is 3. The number of nitrogens with zero attached hydrogens (tertiary/aromatic N) is 2. The van der Waals surface area contributed by atoms with E-state index in [4.69, 9.17) is 14.2 Å². The second-order valence-electron chi connectivity index (χ2n) is 6.91. The smallest absolute Gasteiger partial charge is 0.273 e. The minimum atomic E-state index is -0.603. The highest BCUT2D eigenvalue weighted by Gasteiger charge is 2.43. The molecule has 0 saturated carbocycles. The molecule has 7 nitrogen and oxygen atoms in total. The number of nitrogens with one attached hydrogen (secondary N) is 1. The predicted octanol–water partition coefficient (Wildman–Crippen LogP) is 3.39. The predicted molar refractivity (Wildman–Crippen MR) is 108 cm³/mol. The molecule has 1 aromatic heterocycles. The first-order valence-corrected chi connectivity index (χ1v) is 9.42. The number of carbonyl (C=O) groups is 1. The van der Waals surface area contributed by atoms with Gasteiger partial charge in [-0.2, -0.15) is 5.10 Å². The fourth-order valence-electron chi connectivity index (χ4n) is 3.77. The van der Waals surface area contributed by atoms with E-state index in [1.165, 1.54) is 26.4 Å². The number of hydrogen-bond acceptors (Lipinski definition) is 5. The van der Waals surface area contributed by atoms with Crippen LogP contribution in [0.3, 0.4) is 0 Å². The van der Waals surface area contributed by atoms with Crippen molar-refractivity contribution >= 4 is 5.91 Å². The normalized spacial score (nSPS) is 15.7. The molecule has 1 N–H and O–H groups in total. The topological polar surface area (TPSA) is 76.7 Å². The molecule has 1 amide bonds. The lowest BCUT2D eigenvalue weighted by atomic mass is 9.96. The van der Waals surface area contributed by atoms with Gasteiger partial charge < -0.3 is 19.1 Å². The molecule has 156 valence electrons. The second-order valence-corrected chi connectivity index (χ2v) is 6.91. The number of rotatable bonds is 7. The van der Waals surface area contributed by atoms with Gasteiger partial charge in [0, 0.05) is 25.3 Å². The highest BCUT2D eigenvalue weighted by atomic mass is 19.1. The Morgan fingerprint density at radius 3 is 2.53 bits per heavy atom. The quantitative estimate of drug-likeness (QED) is 0.603. The lowest BCUT2D eigenvalue weighted by Gasteiger charge is -2.29. The number of aromatic nitrogens is 2. The van der Waals surface area contributed by atoms with Crippen LogP contribution in [0.4, 0.5) is 4.39 Å². The number of fused-ring (bicyclic) bond motifs is 1. The van der Waals surface area contributed by atoms with Gasteiger partial charge >= 0.3 is 0 Å². The van der Waals surface area contributed by atoms with E-state index in [0.717, 1.165) is 16.7 Å². The first-order chi connectivity index (χ1) is 14.6. The van der Waals surface area contributed by atoms with Gasteiger partial charge in [-0.15, -0.1) is 0 Å². The summed E-state index contributed by atoms with van der Waals surface area (Å²) >= 11 is 0. The molecular formula is C22H22FN3O4. The summed E-state index contributed by atoms with van der Waals surface area (Å²) < 4.78 is 29.5. The van der Waals surface area contributed by atoms with Gasteiger partial charge in [0.15, 0.2) is 6.29 Å². The minimum absolute atomic E-state index is 0.202. The molecule has 1 aliphatic rings. The Labute approximate surface area is 173 Å². The zero-order chi connectivity index (χ0) is 21.3. The van der Waals surface area contributed by atoms with Crippen LogP contribution in [0.1, 0.15) is 27.7 Å². The summed E-state index contributed by atoms with van der Waals surface area (Å²) in [4.78, 5) is 14.9. The highest BCUT2D eigenvalue weighted by Crippen LogP contribution is 2.43.